The monoisotopic (exact) mass is 124 g/mol. The molecule has 0 aliphatic rings. The van der Waals surface area contributed by atoms with Crippen molar-refractivity contribution in [3.63, 3.8) is 0 Å². The van der Waals surface area contributed by atoms with E-state index in [1.54, 1.807) is 0 Å². The van der Waals surface area contributed by atoms with Gasteiger partial charge in [-0.15, -0.1) is 0 Å². The van der Waals surface area contributed by atoms with Crippen molar-refractivity contribution in [3.8, 4) is 0 Å². The van der Waals surface area contributed by atoms with Gasteiger partial charge in [0.05, 0.1) is 0 Å². The Morgan fingerprint density at radius 3 is 1.00 bits per heavy atom. The first-order valence-electron chi connectivity index (χ1n) is 0. The molecule has 0 saturated carbocycles. The third-order valence-corrected chi connectivity index (χ3v) is 0. The van der Waals surface area contributed by atoms with E-state index in [1.165, 1.54) is 0 Å². The van der Waals surface area contributed by atoms with Crippen LogP contribution in [0.1, 0.15) is 0 Å². The number of rotatable bonds is 0. The molecule has 0 aromatic rings. The van der Waals surface area contributed by atoms with Crippen molar-refractivity contribution < 1.29 is 0 Å². The minimum atomic E-state index is 0. The number of hydrogen-bond donors (Lipinski definition) is 0. The average Bonchev–Trinajstić information content (AvgIpc) is 0. The van der Waals surface area contributed by atoms with Crippen LogP contribution in [0.5, 0.6) is 0 Å². The quantitative estimate of drug-likeness (QED) is 0.311. The molecule has 0 N–H and O–H groups in total. The van der Waals surface area contributed by atoms with Crippen molar-refractivity contribution in [3.05, 3.63) is 0 Å². The Balaban J connectivity index is 0. The molecule has 0 atom stereocenters. The molecule has 0 rings (SSSR count). The Morgan fingerprint density at radius 1 is 1.00 bits per heavy atom. The van der Waals surface area contributed by atoms with Gasteiger partial charge in [-0.1, -0.05) is 0 Å². The Hall–Kier alpha value is 3.29. The van der Waals surface area contributed by atoms with Crippen LogP contribution >= 0.6 is 9.90 Å². The van der Waals surface area contributed by atoms with Crippen LogP contribution in [0.4, 0.5) is 0 Å². The Labute approximate surface area is 102 Å². The summed E-state index contributed by atoms with van der Waals surface area (Å²) in [6.45, 7) is 0. The molecule has 0 bridgehead atoms. The summed E-state index contributed by atoms with van der Waals surface area (Å²) in [7, 11) is 0. The summed E-state index contributed by atoms with van der Waals surface area (Å²) in [5.74, 6) is 0. The molecule has 0 heterocycles. The van der Waals surface area contributed by atoms with Crippen molar-refractivity contribution in [2.45, 2.75) is 0 Å². The molecule has 0 unspecified atom stereocenters. The van der Waals surface area contributed by atoms with Gasteiger partial charge in [0.1, 0.15) is 0 Å². The molecule has 0 aromatic carbocycles. The van der Waals surface area contributed by atoms with E-state index in [2.05, 4.69) is 0 Å². The van der Waals surface area contributed by atoms with Gasteiger partial charge in [-0.05, 0) is 0 Å². The Kier molecular flexibility index (Phi) is 108. The van der Waals surface area contributed by atoms with Gasteiger partial charge < -0.3 is 0 Å². The molecule has 0 saturated heterocycles. The zero-order chi connectivity index (χ0) is 0. The van der Waals surface area contributed by atoms with Crippen LogP contribution in [0.2, 0.25) is 0 Å². The van der Waals surface area contributed by atoms with Crippen LogP contribution in [0.15, 0.2) is 0 Å². The molecule has 0 amide bonds. The first-order chi connectivity index (χ1) is 0. The Bertz CT molecular complexity index is 8.00. The predicted octanol–water partition coefficient (Wildman–Crippen LogP) is -0.381. The SMILES string of the molecule is [Ca].[K].[N].[P]. The topological polar surface area (TPSA) is 30.5 Å². The fourth-order valence-corrected chi connectivity index (χ4v) is 0. The standard InChI is InChI=1S/Ca.K.N.P. The molecule has 1 nitrogen and oxygen atoms in total. The van der Waals surface area contributed by atoms with Crippen LogP contribution in [0.3, 0.4) is 0 Å². The molecule has 4 heavy (non-hydrogen) atoms. The maximum atomic E-state index is 0. The maximum Gasteiger partial charge on any atom is 0 e. The number of nitrogens with zero attached hydrogens (tertiary/aromatic N) is 1. The largest absolute Gasteiger partial charge is 0 e. The second kappa shape index (κ2) is 16.3. The Morgan fingerprint density at radius 2 is 1.00 bits per heavy atom. The molecule has 0 spiro atoms. The summed E-state index contributed by atoms with van der Waals surface area (Å²) in [6, 6.07) is 0. The van der Waals surface area contributed by atoms with Crippen LogP contribution in [-0.2, 0) is 0 Å². The molecule has 0 fully saturated rings. The first kappa shape index (κ1) is 26.7. The zero-order valence-corrected chi connectivity index (χ0v) is 8.83. The van der Waals surface area contributed by atoms with Gasteiger partial charge >= 0.3 is 0 Å². The minimum Gasteiger partial charge on any atom is 0 e. The van der Waals surface area contributed by atoms with Gasteiger partial charge in [-0.2, -0.15) is 0 Å². The van der Waals surface area contributed by atoms with Gasteiger partial charge in [-0.25, -0.2) is 0 Å². The van der Waals surface area contributed by atoms with Crippen LogP contribution in [0.25, 0.3) is 0 Å². The molecular weight excluding hydrogens is 124 g/mol. The van der Waals surface area contributed by atoms with Crippen molar-refractivity contribution in [1.29, 1.82) is 0 Å². The average molecular weight is 124 g/mol. The van der Waals surface area contributed by atoms with Crippen LogP contribution < -0.4 is 6.15 Å². The van der Waals surface area contributed by atoms with Gasteiger partial charge in [0.2, 0.25) is 0 Å². The third kappa shape index (κ3) is 8.99. The van der Waals surface area contributed by atoms with Crippen molar-refractivity contribution >= 4 is 99.0 Å². The van der Waals surface area contributed by atoms with Crippen LogP contribution in [0, 0.1) is 0 Å². The molecule has 0 aliphatic carbocycles. The molecule has 0 aliphatic heterocycles. The van der Waals surface area contributed by atoms with Crippen molar-refractivity contribution in [1.82, 2.24) is 6.15 Å². The van der Waals surface area contributed by atoms with E-state index in [9.17, 15) is 0 Å². The van der Waals surface area contributed by atoms with Gasteiger partial charge in [-0.3, -0.25) is 0 Å². The van der Waals surface area contributed by atoms with Crippen LogP contribution in [-0.4, -0.2) is 89.1 Å². The van der Waals surface area contributed by atoms with Gasteiger partial charge in [0.25, 0.3) is 0 Å². The molecular formula is CaKNP. The smallest absolute Gasteiger partial charge is 0 e. The van der Waals surface area contributed by atoms with E-state index < -0.39 is 0 Å². The van der Waals surface area contributed by atoms with E-state index in [-0.39, 0.29) is 105 Å². The fraction of sp³-hybridized carbons (Fsp3) is 0. The minimum absolute atomic E-state index is 0. The predicted molar refractivity (Wildman–Crippen MR) is 20.6 cm³/mol. The molecule has 13 valence electrons. The summed E-state index contributed by atoms with van der Waals surface area (Å²) in [4.78, 5) is 0. The summed E-state index contributed by atoms with van der Waals surface area (Å²) in [6.07, 6.45) is 0. The molecule has 4 heteroatoms. The van der Waals surface area contributed by atoms with E-state index in [0.717, 1.165) is 0 Å². The fourth-order valence-electron chi connectivity index (χ4n) is 0. The van der Waals surface area contributed by atoms with E-state index in [0.29, 0.717) is 0 Å². The number of hydrogen-bond acceptors (Lipinski definition) is 0. The normalized spacial score (nSPS) is 0. The molecule has 0 aromatic heterocycles. The third-order valence-electron chi connectivity index (χ3n) is 0. The van der Waals surface area contributed by atoms with Crippen molar-refractivity contribution in [2.24, 2.45) is 0 Å². The summed E-state index contributed by atoms with van der Waals surface area (Å²) in [5, 5.41) is 0. The summed E-state index contributed by atoms with van der Waals surface area (Å²) < 4.78 is 0. The van der Waals surface area contributed by atoms with E-state index >= 15 is 0 Å². The second-order valence-corrected chi connectivity index (χ2v) is 0. The van der Waals surface area contributed by atoms with Gasteiger partial charge in [0.15, 0.2) is 0 Å². The van der Waals surface area contributed by atoms with E-state index in [4.69, 9.17) is 0 Å². The summed E-state index contributed by atoms with van der Waals surface area (Å²) >= 11 is 0. The molecule has 9 radical (unpaired) electrons. The van der Waals surface area contributed by atoms with Crippen molar-refractivity contribution in [2.75, 3.05) is 0 Å². The second-order valence-electron chi connectivity index (χ2n) is 0. The maximum absolute atomic E-state index is 0. The first-order valence-corrected chi connectivity index (χ1v) is 0. The zero-order valence-electron chi connectivity index (χ0n) is 2.60. The summed E-state index contributed by atoms with van der Waals surface area (Å²) in [5.41, 5.74) is 0. The van der Waals surface area contributed by atoms with Gasteiger partial charge in [0, 0.05) is 105 Å². The van der Waals surface area contributed by atoms with E-state index in [1.807, 2.05) is 0 Å².